The second-order valence-electron chi connectivity index (χ2n) is 15.4. The maximum Gasteiger partial charge on any atom is -0.00851 e. The van der Waals surface area contributed by atoms with Gasteiger partial charge in [-0.3, -0.25) is 0 Å². The van der Waals surface area contributed by atoms with Gasteiger partial charge in [0.2, 0.25) is 0 Å². The van der Waals surface area contributed by atoms with E-state index in [0.29, 0.717) is 16.2 Å². The Morgan fingerprint density at radius 2 is 1.77 bits per heavy atom. The molecular weight excluding hydrogens is 420 g/mol. The SMILES string of the molecule is C=C(CC1CCC2(C)C(=CCC3C2CCC2(C)C(C(C)CCCC(C)C)CCC32)C1)C(C)(C)CC. The summed E-state index contributed by atoms with van der Waals surface area (Å²) >= 11 is 0. The van der Waals surface area contributed by atoms with Crippen molar-refractivity contribution in [2.24, 2.45) is 57.7 Å². The van der Waals surface area contributed by atoms with Gasteiger partial charge >= 0.3 is 0 Å². The molecule has 8 unspecified atom stereocenters. The molecule has 35 heavy (non-hydrogen) atoms. The molecule has 0 nitrogen and oxygen atoms in total. The summed E-state index contributed by atoms with van der Waals surface area (Å²) in [4.78, 5) is 0. The summed E-state index contributed by atoms with van der Waals surface area (Å²) in [5.41, 5.74) is 4.75. The zero-order valence-corrected chi connectivity index (χ0v) is 25.0. The molecule has 0 aliphatic heterocycles. The third kappa shape index (κ3) is 5.12. The summed E-state index contributed by atoms with van der Waals surface area (Å²) in [5, 5.41) is 0. The summed E-state index contributed by atoms with van der Waals surface area (Å²) in [5.74, 6) is 6.48. The summed E-state index contributed by atoms with van der Waals surface area (Å²) < 4.78 is 0. The second kappa shape index (κ2) is 10.3. The lowest BCUT2D eigenvalue weighted by atomic mass is 9.46. The van der Waals surface area contributed by atoms with E-state index in [2.05, 4.69) is 68.0 Å². The van der Waals surface area contributed by atoms with Gasteiger partial charge in [0.25, 0.3) is 0 Å². The van der Waals surface area contributed by atoms with Crippen LogP contribution in [-0.4, -0.2) is 0 Å². The summed E-state index contributed by atoms with van der Waals surface area (Å²) in [6.07, 6.45) is 21.2. The minimum absolute atomic E-state index is 0.297. The Hall–Kier alpha value is -0.520. The van der Waals surface area contributed by atoms with Gasteiger partial charge in [0.1, 0.15) is 0 Å². The van der Waals surface area contributed by atoms with Crippen molar-refractivity contribution in [1.82, 2.24) is 0 Å². The zero-order valence-electron chi connectivity index (χ0n) is 25.0. The third-order valence-electron chi connectivity index (χ3n) is 12.8. The Morgan fingerprint density at radius 3 is 2.46 bits per heavy atom. The predicted octanol–water partition coefficient (Wildman–Crippen LogP) is 11.0. The number of fused-ring (bicyclic) bond motifs is 5. The molecule has 200 valence electrons. The van der Waals surface area contributed by atoms with E-state index in [1.165, 1.54) is 89.0 Å². The average Bonchev–Trinajstić information content (AvgIpc) is 3.16. The van der Waals surface area contributed by atoms with Crippen LogP contribution in [-0.2, 0) is 0 Å². The first-order valence-corrected chi connectivity index (χ1v) is 15.8. The van der Waals surface area contributed by atoms with Crippen LogP contribution < -0.4 is 0 Å². The Morgan fingerprint density at radius 1 is 1.03 bits per heavy atom. The Balaban J connectivity index is 1.44. The molecule has 4 rings (SSSR count). The molecule has 4 aliphatic rings. The fourth-order valence-electron chi connectivity index (χ4n) is 9.81. The standard InChI is InChI=1S/C35H60/c1-10-33(6,7)26(5)22-27-18-20-34(8)28(23-27)14-15-29-31-17-16-30(25(4)13-11-12-24(2)3)35(31,9)21-19-32(29)34/h14,24-25,27,29-32H,5,10-13,15-23H2,1-4,6-9H3. The van der Waals surface area contributed by atoms with E-state index in [9.17, 15) is 0 Å². The number of hydrogen-bond donors (Lipinski definition) is 0. The van der Waals surface area contributed by atoms with Crippen molar-refractivity contribution in [3.8, 4) is 0 Å². The normalized spacial score (nSPS) is 40.0. The molecule has 0 bridgehead atoms. The molecule has 0 amide bonds. The van der Waals surface area contributed by atoms with E-state index in [1.54, 1.807) is 0 Å². The van der Waals surface area contributed by atoms with Gasteiger partial charge in [-0.2, -0.15) is 0 Å². The number of rotatable bonds is 9. The molecule has 0 saturated heterocycles. The highest BCUT2D eigenvalue weighted by atomic mass is 14.6. The van der Waals surface area contributed by atoms with Gasteiger partial charge < -0.3 is 0 Å². The van der Waals surface area contributed by atoms with Crippen LogP contribution in [0.1, 0.15) is 139 Å². The van der Waals surface area contributed by atoms with E-state index < -0.39 is 0 Å². The largest absolute Gasteiger partial charge is 0.0993 e. The first kappa shape index (κ1) is 27.5. The Labute approximate surface area is 220 Å². The van der Waals surface area contributed by atoms with Crippen LogP contribution in [0.4, 0.5) is 0 Å². The maximum absolute atomic E-state index is 4.55. The van der Waals surface area contributed by atoms with Crippen molar-refractivity contribution < 1.29 is 0 Å². The highest BCUT2D eigenvalue weighted by Gasteiger charge is 2.59. The Kier molecular flexibility index (Phi) is 8.12. The molecule has 3 fully saturated rings. The van der Waals surface area contributed by atoms with Crippen molar-refractivity contribution in [2.75, 3.05) is 0 Å². The molecule has 0 spiro atoms. The van der Waals surface area contributed by atoms with Crippen molar-refractivity contribution in [3.63, 3.8) is 0 Å². The first-order valence-electron chi connectivity index (χ1n) is 15.8. The lowest BCUT2D eigenvalue weighted by molar-refractivity contribution is -0.0528. The zero-order chi connectivity index (χ0) is 25.6. The smallest absolute Gasteiger partial charge is 0.00851 e. The van der Waals surface area contributed by atoms with Crippen molar-refractivity contribution >= 4 is 0 Å². The second-order valence-corrected chi connectivity index (χ2v) is 15.4. The highest BCUT2D eigenvalue weighted by molar-refractivity contribution is 5.26. The maximum atomic E-state index is 4.55. The van der Waals surface area contributed by atoms with Crippen molar-refractivity contribution in [3.05, 3.63) is 23.8 Å². The van der Waals surface area contributed by atoms with Crippen LogP contribution in [0.25, 0.3) is 0 Å². The lowest BCUT2D eigenvalue weighted by Gasteiger charge is -2.58. The first-order chi connectivity index (χ1) is 16.4. The molecule has 3 saturated carbocycles. The van der Waals surface area contributed by atoms with Crippen LogP contribution in [0.15, 0.2) is 23.8 Å². The monoisotopic (exact) mass is 480 g/mol. The lowest BCUT2D eigenvalue weighted by Crippen LogP contribution is -2.50. The quantitative estimate of drug-likeness (QED) is 0.288. The fraction of sp³-hybridized carbons (Fsp3) is 0.886. The minimum Gasteiger partial charge on any atom is -0.0993 e. The van der Waals surface area contributed by atoms with Crippen LogP contribution in [0.2, 0.25) is 0 Å². The molecule has 4 aliphatic carbocycles. The van der Waals surface area contributed by atoms with Gasteiger partial charge in [-0.1, -0.05) is 98.5 Å². The summed E-state index contributed by atoms with van der Waals surface area (Å²) in [6.45, 7) is 24.5. The minimum atomic E-state index is 0.297. The highest BCUT2D eigenvalue weighted by Crippen LogP contribution is 2.67. The summed E-state index contributed by atoms with van der Waals surface area (Å²) in [6, 6.07) is 0. The van der Waals surface area contributed by atoms with Crippen LogP contribution in [0.5, 0.6) is 0 Å². The molecule has 0 aromatic carbocycles. The van der Waals surface area contributed by atoms with E-state index in [4.69, 9.17) is 0 Å². The van der Waals surface area contributed by atoms with Gasteiger partial charge in [-0.25, -0.2) is 0 Å². The van der Waals surface area contributed by atoms with Crippen molar-refractivity contribution in [2.45, 2.75) is 139 Å². The third-order valence-corrected chi connectivity index (χ3v) is 12.8. The molecule has 8 atom stereocenters. The van der Waals surface area contributed by atoms with Gasteiger partial charge in [0.15, 0.2) is 0 Å². The van der Waals surface area contributed by atoms with E-state index in [0.717, 1.165) is 41.4 Å². The summed E-state index contributed by atoms with van der Waals surface area (Å²) in [7, 11) is 0. The van der Waals surface area contributed by atoms with Gasteiger partial charge in [-0.05, 0) is 122 Å². The topological polar surface area (TPSA) is 0 Å². The number of allylic oxidation sites excluding steroid dienone is 3. The van der Waals surface area contributed by atoms with Gasteiger partial charge in [0.05, 0.1) is 0 Å². The van der Waals surface area contributed by atoms with Gasteiger partial charge in [-0.15, -0.1) is 0 Å². The van der Waals surface area contributed by atoms with Crippen molar-refractivity contribution in [1.29, 1.82) is 0 Å². The Bertz CT molecular complexity index is 782. The predicted molar refractivity (Wildman–Crippen MR) is 154 cm³/mol. The molecule has 0 N–H and O–H groups in total. The van der Waals surface area contributed by atoms with Gasteiger partial charge in [0, 0.05) is 0 Å². The van der Waals surface area contributed by atoms with E-state index >= 15 is 0 Å². The molecule has 0 radical (unpaired) electrons. The van der Waals surface area contributed by atoms with Crippen LogP contribution in [0, 0.1) is 57.7 Å². The van der Waals surface area contributed by atoms with Crippen LogP contribution >= 0.6 is 0 Å². The molecule has 0 heteroatoms. The van der Waals surface area contributed by atoms with E-state index in [-0.39, 0.29) is 0 Å². The van der Waals surface area contributed by atoms with E-state index in [1.807, 2.05) is 5.57 Å². The molecule has 0 heterocycles. The molecule has 0 aromatic heterocycles. The molecule has 0 aromatic rings. The fourth-order valence-corrected chi connectivity index (χ4v) is 9.81. The molecular formula is C35H60. The average molecular weight is 481 g/mol. The number of hydrogen-bond acceptors (Lipinski definition) is 0. The van der Waals surface area contributed by atoms with Crippen LogP contribution in [0.3, 0.4) is 0 Å².